The minimum Gasteiger partial charge on any atom is -0.497 e. The Labute approximate surface area is 213 Å². The summed E-state index contributed by atoms with van der Waals surface area (Å²) in [7, 11) is 1.60. The molecule has 0 bridgehead atoms. The second-order valence-corrected chi connectivity index (χ2v) is 9.17. The number of fused-ring (bicyclic) bond motifs is 1. The number of carbonyl (C=O) groups excluding carboxylic acids is 1. The third-order valence-corrected chi connectivity index (χ3v) is 6.48. The Kier molecular flexibility index (Phi) is 7.66. The Morgan fingerprint density at radius 1 is 1.06 bits per heavy atom. The highest BCUT2D eigenvalue weighted by atomic mass is 79.9. The van der Waals surface area contributed by atoms with Gasteiger partial charge in [-0.1, -0.05) is 48.0 Å². The van der Waals surface area contributed by atoms with E-state index >= 15 is 0 Å². The van der Waals surface area contributed by atoms with Crippen LogP contribution in [0.5, 0.6) is 5.75 Å². The average molecular weight is 534 g/mol. The lowest BCUT2D eigenvalue weighted by atomic mass is 10.1. The number of aromatic nitrogens is 2. The number of rotatable bonds is 8. The summed E-state index contributed by atoms with van der Waals surface area (Å²) in [5.74, 6) is 1.14. The van der Waals surface area contributed by atoms with Gasteiger partial charge in [0.25, 0.3) is 11.5 Å². The first-order valence-corrected chi connectivity index (χ1v) is 12.5. The Morgan fingerprint density at radius 3 is 2.46 bits per heavy atom. The monoisotopic (exact) mass is 533 g/mol. The molecule has 1 unspecified atom stereocenters. The van der Waals surface area contributed by atoms with Crippen molar-refractivity contribution in [1.82, 2.24) is 14.5 Å². The zero-order chi connectivity index (χ0) is 24.9. The molecule has 0 N–H and O–H groups in total. The first-order valence-electron chi connectivity index (χ1n) is 11.7. The van der Waals surface area contributed by atoms with Gasteiger partial charge in [-0.15, -0.1) is 0 Å². The van der Waals surface area contributed by atoms with E-state index < -0.39 is 6.04 Å². The fourth-order valence-electron chi connectivity index (χ4n) is 4.32. The van der Waals surface area contributed by atoms with Crippen molar-refractivity contribution in [3.05, 3.63) is 99.0 Å². The summed E-state index contributed by atoms with van der Waals surface area (Å²) in [5.41, 5.74) is 1.71. The molecule has 3 aromatic carbocycles. The number of methoxy groups -OCH3 is 1. The number of carbonyl (C=O) groups is 1. The molecule has 0 spiro atoms. The van der Waals surface area contributed by atoms with E-state index in [-0.39, 0.29) is 11.5 Å². The molecule has 6 nitrogen and oxygen atoms in total. The Hall–Kier alpha value is -3.45. The number of halogens is 1. The highest BCUT2D eigenvalue weighted by molar-refractivity contribution is 9.10. The number of nitrogens with zero attached hydrogens (tertiary/aromatic N) is 3. The summed E-state index contributed by atoms with van der Waals surface area (Å²) in [4.78, 5) is 34.3. The molecule has 4 rings (SSSR count). The van der Waals surface area contributed by atoms with Crippen molar-refractivity contribution in [3.8, 4) is 11.4 Å². The maximum Gasteiger partial charge on any atom is 0.266 e. The lowest BCUT2D eigenvalue weighted by Gasteiger charge is -2.32. The normalized spacial score (nSPS) is 11.9. The number of ether oxygens (including phenoxy) is 1. The molecule has 7 heteroatoms. The van der Waals surface area contributed by atoms with Crippen molar-refractivity contribution in [2.45, 2.75) is 32.7 Å². The summed E-state index contributed by atoms with van der Waals surface area (Å²) < 4.78 is 7.78. The van der Waals surface area contributed by atoms with Crippen LogP contribution in [0.25, 0.3) is 16.6 Å². The lowest BCUT2D eigenvalue weighted by Crippen LogP contribution is -2.39. The molecule has 4 aromatic rings. The molecule has 180 valence electrons. The van der Waals surface area contributed by atoms with E-state index in [4.69, 9.17) is 9.72 Å². The van der Waals surface area contributed by atoms with Gasteiger partial charge in [0.05, 0.1) is 29.7 Å². The predicted octanol–water partition coefficient (Wildman–Crippen LogP) is 6.16. The van der Waals surface area contributed by atoms with Gasteiger partial charge >= 0.3 is 0 Å². The standard InChI is InChI=1S/C28H28BrN3O3/c1-4-17-31(27(33)19-9-8-10-20(29)18-19)25(5-2)26-30-24-12-7-6-11-23(24)28(34)32(26)21-13-15-22(35-3)16-14-21/h6-16,18,25H,4-5,17H2,1-3H3. The van der Waals surface area contributed by atoms with E-state index in [1.54, 1.807) is 17.7 Å². The molecular formula is C28H28BrN3O3. The van der Waals surface area contributed by atoms with Gasteiger partial charge in [0.2, 0.25) is 0 Å². The molecule has 1 aromatic heterocycles. The van der Waals surface area contributed by atoms with E-state index in [0.717, 1.165) is 10.9 Å². The first-order chi connectivity index (χ1) is 17.0. The molecule has 0 saturated heterocycles. The minimum atomic E-state index is -0.402. The molecule has 0 fully saturated rings. The summed E-state index contributed by atoms with van der Waals surface area (Å²) in [6.07, 6.45) is 1.37. The van der Waals surface area contributed by atoms with Crippen molar-refractivity contribution < 1.29 is 9.53 Å². The van der Waals surface area contributed by atoms with E-state index in [9.17, 15) is 9.59 Å². The molecule has 0 aliphatic heterocycles. The fourth-order valence-corrected chi connectivity index (χ4v) is 4.72. The second kappa shape index (κ2) is 10.9. The van der Waals surface area contributed by atoms with Gasteiger partial charge in [0.1, 0.15) is 11.6 Å². The van der Waals surface area contributed by atoms with Crippen molar-refractivity contribution in [2.24, 2.45) is 0 Å². The van der Waals surface area contributed by atoms with Gasteiger partial charge in [-0.3, -0.25) is 14.2 Å². The zero-order valence-corrected chi connectivity index (χ0v) is 21.7. The summed E-state index contributed by atoms with van der Waals surface area (Å²) >= 11 is 3.47. The van der Waals surface area contributed by atoms with Crippen LogP contribution in [0.2, 0.25) is 0 Å². The number of para-hydroxylation sites is 1. The Balaban J connectivity index is 1.93. The molecule has 0 radical (unpaired) electrons. The molecule has 0 aliphatic rings. The zero-order valence-electron chi connectivity index (χ0n) is 20.1. The van der Waals surface area contributed by atoms with Crippen LogP contribution in [0.4, 0.5) is 0 Å². The fraction of sp³-hybridized carbons (Fsp3) is 0.250. The summed E-state index contributed by atoms with van der Waals surface area (Å²) in [5, 5.41) is 0.530. The number of hydrogen-bond acceptors (Lipinski definition) is 4. The molecule has 1 heterocycles. The smallest absolute Gasteiger partial charge is 0.266 e. The highest BCUT2D eigenvalue weighted by Crippen LogP contribution is 2.28. The molecule has 1 atom stereocenters. The van der Waals surface area contributed by atoms with E-state index in [2.05, 4.69) is 15.9 Å². The van der Waals surface area contributed by atoms with Crippen molar-refractivity contribution in [1.29, 1.82) is 0 Å². The molecule has 35 heavy (non-hydrogen) atoms. The second-order valence-electron chi connectivity index (χ2n) is 8.26. The van der Waals surface area contributed by atoms with E-state index in [1.807, 2.05) is 85.5 Å². The molecular weight excluding hydrogens is 506 g/mol. The molecule has 0 aliphatic carbocycles. The van der Waals surface area contributed by atoms with Gasteiger partial charge in [-0.25, -0.2) is 4.98 Å². The third-order valence-electron chi connectivity index (χ3n) is 5.99. The number of benzene rings is 3. The average Bonchev–Trinajstić information content (AvgIpc) is 2.88. The van der Waals surface area contributed by atoms with Gasteiger partial charge in [0, 0.05) is 16.6 Å². The van der Waals surface area contributed by atoms with Crippen LogP contribution in [0.3, 0.4) is 0 Å². The van der Waals surface area contributed by atoms with Gasteiger partial charge in [0.15, 0.2) is 0 Å². The van der Waals surface area contributed by atoms with Crippen LogP contribution in [-0.2, 0) is 0 Å². The quantitative estimate of drug-likeness (QED) is 0.272. The molecule has 0 saturated carbocycles. The van der Waals surface area contributed by atoms with Crippen LogP contribution < -0.4 is 10.3 Å². The van der Waals surface area contributed by atoms with Crippen LogP contribution in [0.15, 0.2) is 82.1 Å². The number of amides is 1. The van der Waals surface area contributed by atoms with E-state index in [1.165, 1.54) is 0 Å². The maximum atomic E-state index is 13.8. The largest absolute Gasteiger partial charge is 0.497 e. The lowest BCUT2D eigenvalue weighted by molar-refractivity contribution is 0.0659. The third kappa shape index (κ3) is 5.00. The minimum absolute atomic E-state index is 0.0938. The van der Waals surface area contributed by atoms with Crippen LogP contribution in [-0.4, -0.2) is 34.0 Å². The van der Waals surface area contributed by atoms with Gasteiger partial charge in [-0.05, 0) is 67.4 Å². The van der Waals surface area contributed by atoms with Gasteiger partial charge in [-0.2, -0.15) is 0 Å². The summed E-state index contributed by atoms with van der Waals surface area (Å²) in [6.45, 7) is 4.59. The van der Waals surface area contributed by atoms with Crippen molar-refractivity contribution >= 4 is 32.7 Å². The van der Waals surface area contributed by atoms with E-state index in [0.29, 0.717) is 46.7 Å². The highest BCUT2D eigenvalue weighted by Gasteiger charge is 2.29. The SMILES string of the molecule is CCCN(C(=O)c1cccc(Br)c1)C(CC)c1nc2ccccc2c(=O)n1-c1ccc(OC)cc1. The molecule has 1 amide bonds. The van der Waals surface area contributed by atoms with Crippen molar-refractivity contribution in [3.63, 3.8) is 0 Å². The van der Waals surface area contributed by atoms with Crippen molar-refractivity contribution in [2.75, 3.05) is 13.7 Å². The van der Waals surface area contributed by atoms with Crippen LogP contribution in [0, 0.1) is 0 Å². The predicted molar refractivity (Wildman–Crippen MR) is 142 cm³/mol. The first kappa shape index (κ1) is 24.7. The van der Waals surface area contributed by atoms with Gasteiger partial charge < -0.3 is 9.64 Å². The maximum absolute atomic E-state index is 13.8. The Bertz CT molecular complexity index is 1400. The summed E-state index contributed by atoms with van der Waals surface area (Å²) in [6, 6.07) is 21.6. The van der Waals surface area contributed by atoms with Crippen LogP contribution in [0.1, 0.15) is 48.9 Å². The topological polar surface area (TPSA) is 64.4 Å². The Morgan fingerprint density at radius 2 is 1.80 bits per heavy atom. The van der Waals surface area contributed by atoms with Crippen LogP contribution >= 0.6 is 15.9 Å². The number of hydrogen-bond donors (Lipinski definition) is 0.